The van der Waals surface area contributed by atoms with Crippen LogP contribution in [0.1, 0.15) is 0 Å². The third-order valence-electron chi connectivity index (χ3n) is 2.93. The molecule has 4 nitrogen and oxygen atoms in total. The number of benzene rings is 2. The minimum atomic E-state index is -0.579. The molecule has 3 rings (SSSR count). The lowest BCUT2D eigenvalue weighted by Gasteiger charge is -2.14. The van der Waals surface area contributed by atoms with Crippen molar-refractivity contribution < 1.29 is 9.59 Å². The second-order valence-corrected chi connectivity index (χ2v) is 5.34. The molecule has 1 N–H and O–H groups in total. The van der Waals surface area contributed by atoms with E-state index in [2.05, 4.69) is 5.32 Å². The summed E-state index contributed by atoms with van der Waals surface area (Å²) < 4.78 is 0. The third-order valence-corrected chi connectivity index (χ3v) is 3.87. The molecular weight excluding hydrogens is 272 g/mol. The molecule has 2 aromatic carbocycles. The summed E-state index contributed by atoms with van der Waals surface area (Å²) in [6.07, 6.45) is 0. The van der Waals surface area contributed by atoms with E-state index in [9.17, 15) is 9.59 Å². The van der Waals surface area contributed by atoms with Gasteiger partial charge in [0, 0.05) is 5.69 Å². The van der Waals surface area contributed by atoms with E-state index in [-0.39, 0.29) is 11.1 Å². The number of anilines is 2. The first-order chi connectivity index (χ1) is 9.75. The van der Waals surface area contributed by atoms with Crippen LogP contribution in [0, 0.1) is 0 Å². The van der Waals surface area contributed by atoms with Crippen molar-refractivity contribution in [1.82, 2.24) is 0 Å². The Hall–Kier alpha value is -2.27. The van der Waals surface area contributed by atoms with Crippen molar-refractivity contribution in [1.29, 1.82) is 0 Å². The molecule has 100 valence electrons. The number of nitrogens with zero attached hydrogens (tertiary/aromatic N) is 1. The molecule has 0 aromatic heterocycles. The molecule has 0 radical (unpaired) electrons. The highest BCUT2D eigenvalue weighted by molar-refractivity contribution is 8.16. The largest absolute Gasteiger partial charge is 0.365 e. The van der Waals surface area contributed by atoms with Crippen molar-refractivity contribution in [3.63, 3.8) is 0 Å². The van der Waals surface area contributed by atoms with Gasteiger partial charge in [-0.25, -0.2) is 4.90 Å². The van der Waals surface area contributed by atoms with Gasteiger partial charge in [-0.05, 0) is 36.0 Å². The summed E-state index contributed by atoms with van der Waals surface area (Å²) in [6, 6.07) is 18.3. The zero-order valence-electron chi connectivity index (χ0n) is 10.5. The third kappa shape index (κ3) is 2.40. The summed E-state index contributed by atoms with van der Waals surface area (Å²) >= 11 is 0.998. The molecule has 1 atom stereocenters. The van der Waals surface area contributed by atoms with Crippen LogP contribution in [0.2, 0.25) is 0 Å². The smallest absolute Gasteiger partial charge is 0.295 e. The van der Waals surface area contributed by atoms with Crippen LogP contribution in [0.15, 0.2) is 60.7 Å². The van der Waals surface area contributed by atoms with Crippen LogP contribution in [-0.2, 0) is 4.79 Å². The fraction of sp³-hybridized carbons (Fsp3) is 0.0667. The number of imide groups is 1. The summed E-state index contributed by atoms with van der Waals surface area (Å²) in [7, 11) is 0. The van der Waals surface area contributed by atoms with E-state index in [4.69, 9.17) is 0 Å². The van der Waals surface area contributed by atoms with Crippen molar-refractivity contribution in [2.45, 2.75) is 5.37 Å². The molecule has 0 saturated carbocycles. The molecular formula is C15H12N2O2S. The molecule has 2 amide bonds. The molecule has 1 saturated heterocycles. The van der Waals surface area contributed by atoms with Gasteiger partial charge in [-0.3, -0.25) is 9.59 Å². The van der Waals surface area contributed by atoms with Crippen LogP contribution in [0.25, 0.3) is 0 Å². The fourth-order valence-corrected chi connectivity index (χ4v) is 2.90. The summed E-state index contributed by atoms with van der Waals surface area (Å²) in [5.41, 5.74) is 1.42. The minimum absolute atomic E-state index is 0.241. The molecule has 0 unspecified atom stereocenters. The van der Waals surface area contributed by atoms with Crippen molar-refractivity contribution in [2.75, 3.05) is 10.2 Å². The van der Waals surface area contributed by atoms with Gasteiger partial charge in [0.1, 0.15) is 0 Å². The van der Waals surface area contributed by atoms with Crippen molar-refractivity contribution in [3.05, 3.63) is 60.7 Å². The molecule has 2 aromatic rings. The van der Waals surface area contributed by atoms with Crippen molar-refractivity contribution >= 4 is 34.3 Å². The van der Waals surface area contributed by atoms with Crippen LogP contribution in [0.3, 0.4) is 0 Å². The van der Waals surface area contributed by atoms with Gasteiger partial charge in [0.25, 0.3) is 11.1 Å². The topological polar surface area (TPSA) is 49.4 Å². The molecule has 1 fully saturated rings. The maximum absolute atomic E-state index is 12.3. The number of carbonyl (C=O) groups excluding carboxylic acids is 2. The quantitative estimate of drug-likeness (QED) is 0.939. The zero-order chi connectivity index (χ0) is 13.9. The van der Waals surface area contributed by atoms with E-state index < -0.39 is 5.37 Å². The molecule has 1 heterocycles. The maximum atomic E-state index is 12.3. The van der Waals surface area contributed by atoms with Crippen LogP contribution in [0.4, 0.5) is 16.2 Å². The Labute approximate surface area is 120 Å². The Morgan fingerprint density at radius 2 is 1.50 bits per heavy atom. The Morgan fingerprint density at radius 3 is 2.15 bits per heavy atom. The normalized spacial score (nSPS) is 18.4. The van der Waals surface area contributed by atoms with Gasteiger partial charge in [-0.15, -0.1) is 0 Å². The molecule has 5 heteroatoms. The van der Waals surface area contributed by atoms with E-state index in [0.717, 1.165) is 17.4 Å². The van der Waals surface area contributed by atoms with E-state index in [1.54, 1.807) is 24.3 Å². The van der Waals surface area contributed by atoms with Gasteiger partial charge < -0.3 is 5.32 Å². The first kappa shape index (κ1) is 12.7. The fourth-order valence-electron chi connectivity index (χ4n) is 2.00. The minimum Gasteiger partial charge on any atom is -0.365 e. The molecule has 1 aliphatic heterocycles. The highest BCUT2D eigenvalue weighted by Crippen LogP contribution is 2.32. The van der Waals surface area contributed by atoms with Gasteiger partial charge in [-0.1, -0.05) is 36.4 Å². The molecule has 20 heavy (non-hydrogen) atoms. The summed E-state index contributed by atoms with van der Waals surface area (Å²) in [6.45, 7) is 0. The highest BCUT2D eigenvalue weighted by atomic mass is 32.2. The SMILES string of the molecule is O=C1S[C@@H](Nc2ccccc2)C(=O)N1c1ccccc1. The van der Waals surface area contributed by atoms with Gasteiger partial charge >= 0.3 is 0 Å². The molecule has 1 aliphatic rings. The number of para-hydroxylation sites is 2. The zero-order valence-corrected chi connectivity index (χ0v) is 11.3. The monoisotopic (exact) mass is 284 g/mol. The van der Waals surface area contributed by atoms with E-state index in [1.807, 2.05) is 36.4 Å². The molecule has 0 bridgehead atoms. The second kappa shape index (κ2) is 5.38. The Balaban J connectivity index is 1.81. The van der Waals surface area contributed by atoms with Crippen LogP contribution in [-0.4, -0.2) is 16.5 Å². The average Bonchev–Trinajstić information content (AvgIpc) is 2.75. The number of nitrogens with one attached hydrogen (secondary N) is 1. The van der Waals surface area contributed by atoms with Gasteiger partial charge in [0.05, 0.1) is 5.69 Å². The lowest BCUT2D eigenvalue weighted by Crippen LogP contribution is -2.34. The number of amides is 2. The first-order valence-electron chi connectivity index (χ1n) is 6.17. The van der Waals surface area contributed by atoms with Crippen LogP contribution < -0.4 is 10.2 Å². The van der Waals surface area contributed by atoms with Crippen LogP contribution >= 0.6 is 11.8 Å². The second-order valence-electron chi connectivity index (χ2n) is 4.28. The van der Waals surface area contributed by atoms with Gasteiger partial charge in [0.15, 0.2) is 5.37 Å². The number of hydrogen-bond acceptors (Lipinski definition) is 4. The number of hydrogen-bond donors (Lipinski definition) is 1. The van der Waals surface area contributed by atoms with Gasteiger partial charge in [-0.2, -0.15) is 0 Å². The predicted octanol–water partition coefficient (Wildman–Crippen LogP) is 3.32. The van der Waals surface area contributed by atoms with Crippen molar-refractivity contribution in [3.8, 4) is 0 Å². The van der Waals surface area contributed by atoms with Gasteiger partial charge in [0.2, 0.25) is 0 Å². The molecule has 0 spiro atoms. The standard InChI is InChI=1S/C15H12N2O2S/c18-14-13(16-11-7-3-1-4-8-11)20-15(19)17(14)12-9-5-2-6-10-12/h1-10,13,16H/t13-/m1/s1. The average molecular weight is 284 g/mol. The number of rotatable bonds is 3. The first-order valence-corrected chi connectivity index (χ1v) is 7.05. The lowest BCUT2D eigenvalue weighted by molar-refractivity contribution is -0.116. The summed E-state index contributed by atoms with van der Waals surface area (Å²) in [5, 5.41) is 2.24. The Bertz CT molecular complexity index is 631. The maximum Gasteiger partial charge on any atom is 0.295 e. The predicted molar refractivity (Wildman–Crippen MR) is 80.8 cm³/mol. The van der Waals surface area contributed by atoms with E-state index in [1.165, 1.54) is 4.90 Å². The lowest BCUT2D eigenvalue weighted by atomic mass is 10.3. The number of thioether (sulfide) groups is 1. The Kier molecular flexibility index (Phi) is 3.43. The van der Waals surface area contributed by atoms with Crippen LogP contribution in [0.5, 0.6) is 0 Å². The van der Waals surface area contributed by atoms with Crippen molar-refractivity contribution in [2.24, 2.45) is 0 Å². The van der Waals surface area contributed by atoms with E-state index >= 15 is 0 Å². The highest BCUT2D eigenvalue weighted by Gasteiger charge is 2.40. The van der Waals surface area contributed by atoms with E-state index in [0.29, 0.717) is 5.69 Å². The summed E-state index contributed by atoms with van der Waals surface area (Å²) in [5.74, 6) is -0.241. The molecule has 0 aliphatic carbocycles. The number of carbonyl (C=O) groups is 2. The Morgan fingerprint density at radius 1 is 0.900 bits per heavy atom. The summed E-state index contributed by atoms with van der Waals surface area (Å²) in [4.78, 5) is 25.6.